The van der Waals surface area contributed by atoms with Gasteiger partial charge in [-0.25, -0.2) is 4.79 Å². The molecule has 0 unspecified atom stereocenters. The van der Waals surface area contributed by atoms with Crippen LogP contribution >= 0.6 is 0 Å². The van der Waals surface area contributed by atoms with Crippen LogP contribution in [0.4, 0.5) is 11.4 Å². The lowest BCUT2D eigenvalue weighted by Gasteiger charge is -2.05. The number of hydrazine groups is 2. The van der Waals surface area contributed by atoms with Gasteiger partial charge in [0, 0.05) is 0 Å². The van der Waals surface area contributed by atoms with E-state index in [-0.39, 0.29) is 5.56 Å². The van der Waals surface area contributed by atoms with Gasteiger partial charge in [-0.2, -0.15) is 0 Å². The topological polar surface area (TPSA) is 113 Å². The molecule has 0 radical (unpaired) electrons. The number of nitrogen functional groups attached to an aromatic ring is 2. The molecule has 0 aliphatic carbocycles. The van der Waals surface area contributed by atoms with Crippen LogP contribution in [0, 0.1) is 0 Å². The molecule has 0 amide bonds. The number of rotatable bonds is 3. The fourth-order valence-electron chi connectivity index (χ4n) is 0.918. The van der Waals surface area contributed by atoms with Crippen molar-refractivity contribution in [2.24, 2.45) is 11.7 Å². The first-order valence-corrected chi connectivity index (χ1v) is 3.49. The predicted molar refractivity (Wildman–Crippen MR) is 49.0 cm³/mol. The fourth-order valence-corrected chi connectivity index (χ4v) is 0.918. The van der Waals surface area contributed by atoms with Crippen molar-refractivity contribution in [2.45, 2.75) is 0 Å². The maximum atomic E-state index is 10.6. The second-order valence-electron chi connectivity index (χ2n) is 2.39. The molecule has 0 fully saturated rings. The maximum absolute atomic E-state index is 10.6. The zero-order chi connectivity index (χ0) is 9.84. The molecule has 7 N–H and O–H groups in total. The minimum Gasteiger partial charge on any atom is -0.478 e. The smallest absolute Gasteiger partial charge is 0.335 e. The van der Waals surface area contributed by atoms with Gasteiger partial charge < -0.3 is 16.0 Å². The van der Waals surface area contributed by atoms with Crippen LogP contribution in [0.15, 0.2) is 18.2 Å². The summed E-state index contributed by atoms with van der Waals surface area (Å²) in [5.41, 5.74) is 5.75. The Kier molecular flexibility index (Phi) is 2.68. The summed E-state index contributed by atoms with van der Waals surface area (Å²) >= 11 is 0. The molecule has 0 aliphatic rings. The summed E-state index contributed by atoms with van der Waals surface area (Å²) in [6, 6.07) is 4.40. The first-order valence-electron chi connectivity index (χ1n) is 3.49. The van der Waals surface area contributed by atoms with Gasteiger partial charge in [0.15, 0.2) is 0 Å². The summed E-state index contributed by atoms with van der Waals surface area (Å²) in [4.78, 5) is 10.6. The number of aromatic carboxylic acids is 1. The average Bonchev–Trinajstić information content (AvgIpc) is 2.16. The summed E-state index contributed by atoms with van der Waals surface area (Å²) in [5.74, 6) is 9.23. The molecule has 0 saturated carbocycles. The normalized spacial score (nSPS) is 9.38. The molecule has 1 aromatic carbocycles. The monoisotopic (exact) mass is 182 g/mol. The predicted octanol–water partition coefficient (Wildman–Crippen LogP) is -0.0440. The van der Waals surface area contributed by atoms with Crippen molar-refractivity contribution in [1.82, 2.24) is 0 Å². The Morgan fingerprint density at radius 3 is 1.92 bits per heavy atom. The van der Waals surface area contributed by atoms with Crippen molar-refractivity contribution in [2.75, 3.05) is 10.9 Å². The van der Waals surface area contributed by atoms with Gasteiger partial charge in [0.25, 0.3) is 0 Å². The standard InChI is InChI=1S/C7H10N4O2/c8-10-5-1-4(7(12)13)2-6(3-5)11-9/h1-3,10-11H,8-9H2,(H,12,13). The molecule has 0 spiro atoms. The van der Waals surface area contributed by atoms with Gasteiger partial charge in [0.2, 0.25) is 0 Å². The van der Waals surface area contributed by atoms with Crippen LogP contribution in [-0.4, -0.2) is 11.1 Å². The van der Waals surface area contributed by atoms with Gasteiger partial charge in [-0.1, -0.05) is 0 Å². The van der Waals surface area contributed by atoms with Crippen molar-refractivity contribution in [3.63, 3.8) is 0 Å². The van der Waals surface area contributed by atoms with Gasteiger partial charge in [-0.3, -0.25) is 11.7 Å². The van der Waals surface area contributed by atoms with E-state index in [2.05, 4.69) is 10.9 Å². The van der Waals surface area contributed by atoms with Crippen LogP contribution in [0.1, 0.15) is 10.4 Å². The highest BCUT2D eigenvalue weighted by molar-refractivity contribution is 5.90. The minimum atomic E-state index is -1.03. The number of hydrogen-bond donors (Lipinski definition) is 5. The Morgan fingerprint density at radius 1 is 1.15 bits per heavy atom. The molecular weight excluding hydrogens is 172 g/mol. The number of nitrogens with two attached hydrogens (primary N) is 2. The SMILES string of the molecule is NNc1cc(NN)cc(C(=O)O)c1. The van der Waals surface area contributed by atoms with Gasteiger partial charge in [-0.15, -0.1) is 0 Å². The van der Waals surface area contributed by atoms with Crippen molar-refractivity contribution >= 4 is 17.3 Å². The number of carboxylic acids is 1. The molecule has 13 heavy (non-hydrogen) atoms. The van der Waals surface area contributed by atoms with E-state index in [9.17, 15) is 4.79 Å². The van der Waals surface area contributed by atoms with Crippen molar-refractivity contribution in [3.05, 3.63) is 23.8 Å². The average molecular weight is 182 g/mol. The molecule has 0 atom stereocenters. The van der Waals surface area contributed by atoms with Crippen LogP contribution in [0.25, 0.3) is 0 Å². The van der Waals surface area contributed by atoms with E-state index in [1.165, 1.54) is 12.1 Å². The van der Waals surface area contributed by atoms with Crippen molar-refractivity contribution in [3.8, 4) is 0 Å². The van der Waals surface area contributed by atoms with Gasteiger partial charge in [-0.05, 0) is 18.2 Å². The van der Waals surface area contributed by atoms with Crippen LogP contribution in [0.3, 0.4) is 0 Å². The third-order valence-corrected chi connectivity index (χ3v) is 1.51. The quantitative estimate of drug-likeness (QED) is 0.331. The lowest BCUT2D eigenvalue weighted by atomic mass is 10.2. The molecule has 1 rings (SSSR count). The molecule has 6 heteroatoms. The fraction of sp³-hybridized carbons (Fsp3) is 0. The van der Waals surface area contributed by atoms with Gasteiger partial charge in [0.05, 0.1) is 16.9 Å². The highest BCUT2D eigenvalue weighted by atomic mass is 16.4. The lowest BCUT2D eigenvalue weighted by molar-refractivity contribution is 0.0697. The summed E-state index contributed by atoms with van der Waals surface area (Å²) in [6.45, 7) is 0. The first kappa shape index (κ1) is 9.30. The van der Waals surface area contributed by atoms with Crippen LogP contribution < -0.4 is 22.5 Å². The summed E-state index contributed by atoms with van der Waals surface area (Å²) in [6.07, 6.45) is 0. The Balaban J connectivity index is 3.14. The molecule has 0 aliphatic heterocycles. The number of carboxylic acid groups (broad SMARTS) is 1. The third kappa shape index (κ3) is 2.08. The van der Waals surface area contributed by atoms with E-state index in [0.29, 0.717) is 11.4 Å². The first-order chi connectivity index (χ1) is 6.17. The number of hydrogen-bond acceptors (Lipinski definition) is 5. The molecular formula is C7H10N4O2. The molecule has 6 nitrogen and oxygen atoms in total. The van der Waals surface area contributed by atoms with Crippen molar-refractivity contribution in [1.29, 1.82) is 0 Å². The second kappa shape index (κ2) is 3.74. The van der Waals surface area contributed by atoms with Crippen molar-refractivity contribution < 1.29 is 9.90 Å². The Hall–Kier alpha value is -1.79. The minimum absolute atomic E-state index is 0.114. The molecule has 0 bridgehead atoms. The van der Waals surface area contributed by atoms with E-state index in [1.807, 2.05) is 0 Å². The van der Waals surface area contributed by atoms with Crippen LogP contribution in [0.5, 0.6) is 0 Å². The molecule has 0 saturated heterocycles. The summed E-state index contributed by atoms with van der Waals surface area (Å²) in [5, 5.41) is 8.69. The lowest BCUT2D eigenvalue weighted by Crippen LogP contribution is -2.11. The van der Waals surface area contributed by atoms with Crippen LogP contribution in [-0.2, 0) is 0 Å². The maximum Gasteiger partial charge on any atom is 0.335 e. The molecule has 0 aromatic heterocycles. The Labute approximate surface area is 74.5 Å². The molecule has 0 heterocycles. The highest BCUT2D eigenvalue weighted by Gasteiger charge is 2.05. The largest absolute Gasteiger partial charge is 0.478 e. The van der Waals surface area contributed by atoms with Crippen LogP contribution in [0.2, 0.25) is 0 Å². The zero-order valence-electron chi connectivity index (χ0n) is 6.74. The van der Waals surface area contributed by atoms with Gasteiger partial charge >= 0.3 is 5.97 Å². The number of anilines is 2. The van der Waals surface area contributed by atoms with E-state index in [0.717, 1.165) is 0 Å². The second-order valence-corrected chi connectivity index (χ2v) is 2.39. The zero-order valence-corrected chi connectivity index (χ0v) is 6.74. The number of nitrogens with one attached hydrogen (secondary N) is 2. The van der Waals surface area contributed by atoms with E-state index < -0.39 is 5.97 Å². The third-order valence-electron chi connectivity index (χ3n) is 1.51. The van der Waals surface area contributed by atoms with E-state index >= 15 is 0 Å². The van der Waals surface area contributed by atoms with Gasteiger partial charge in [0.1, 0.15) is 0 Å². The Morgan fingerprint density at radius 2 is 1.62 bits per heavy atom. The molecule has 70 valence electrons. The summed E-state index contributed by atoms with van der Waals surface area (Å²) < 4.78 is 0. The van der Waals surface area contributed by atoms with E-state index in [1.54, 1.807) is 6.07 Å². The number of carbonyl (C=O) groups is 1. The highest BCUT2D eigenvalue weighted by Crippen LogP contribution is 2.17. The summed E-state index contributed by atoms with van der Waals surface area (Å²) in [7, 11) is 0. The van der Waals surface area contributed by atoms with E-state index in [4.69, 9.17) is 16.8 Å². The number of benzene rings is 1. The molecule has 1 aromatic rings. The Bertz CT molecular complexity index is 304.